The van der Waals surface area contributed by atoms with Crippen molar-refractivity contribution in [3.63, 3.8) is 0 Å². The van der Waals surface area contributed by atoms with Crippen molar-refractivity contribution in [2.24, 2.45) is 0 Å². The van der Waals surface area contributed by atoms with Crippen LogP contribution in [0.15, 0.2) is 0 Å². The molecule has 0 aromatic rings. The third-order valence-corrected chi connectivity index (χ3v) is 8.24. The summed E-state index contributed by atoms with van der Waals surface area (Å²) >= 11 is 0. The van der Waals surface area contributed by atoms with Gasteiger partial charge in [-0.3, -0.25) is 38.4 Å². The first-order valence-electron chi connectivity index (χ1n) is 18.9. The number of hydrogen-bond acceptors (Lipinski definition) is 20. The minimum absolute atomic E-state index is 0.144. The monoisotopic (exact) mass is 862 g/mol. The van der Waals surface area contributed by atoms with Gasteiger partial charge in [0.1, 0.15) is 37.5 Å². The van der Waals surface area contributed by atoms with Crippen LogP contribution in [0.4, 0.5) is 9.59 Å². The Hall–Kier alpha value is -5.78. The normalized spacial score (nSPS) is 25.7. The van der Waals surface area contributed by atoms with Gasteiger partial charge in [0, 0.05) is 68.5 Å². The van der Waals surface area contributed by atoms with E-state index in [1.54, 1.807) is 0 Å². The van der Waals surface area contributed by atoms with E-state index in [2.05, 4.69) is 21.3 Å². The predicted molar refractivity (Wildman–Crippen MR) is 195 cm³/mol. The molecular formula is C36H54N4O20. The summed E-state index contributed by atoms with van der Waals surface area (Å²) in [6.07, 6.45) is -9.20. The standard InChI is InChI=1S/C36H54N4O20/c1-17(41)51-15-25-29(53-19(3)43)31(55-21(5)45)27(33(59-25)57-23(7)47)39-35(49)37-13-11-9-10-12-14-38-36(50)40-28-32(56-22(6)46)30(54-20(4)44)26(16-52-18(2)42)60-34(28)58-24(8)48/h25-34H,9-16H2,1-8H3,(H2,37,39,49)(H2,38,40,50)/t25-,26-,27-,28-,29-,30-,31-,32-,33-,34-/m1/s1. The molecule has 2 aliphatic rings. The number of unbranched alkanes of at least 4 members (excludes halogenated alkanes) is 3. The van der Waals surface area contributed by atoms with Crippen LogP contribution >= 0.6 is 0 Å². The summed E-state index contributed by atoms with van der Waals surface area (Å²) < 4.78 is 53.5. The maximum Gasteiger partial charge on any atom is 0.315 e. The van der Waals surface area contributed by atoms with E-state index in [9.17, 15) is 47.9 Å². The molecule has 0 aromatic heterocycles. The molecule has 2 aliphatic heterocycles. The van der Waals surface area contributed by atoms with E-state index < -0.39 is 134 Å². The van der Waals surface area contributed by atoms with Crippen molar-refractivity contribution in [1.82, 2.24) is 21.3 Å². The molecule has 2 heterocycles. The Labute approximate surface area is 344 Å². The van der Waals surface area contributed by atoms with Crippen molar-refractivity contribution < 1.29 is 95.3 Å². The van der Waals surface area contributed by atoms with Gasteiger partial charge in [0.25, 0.3) is 0 Å². The minimum Gasteiger partial charge on any atom is -0.463 e. The summed E-state index contributed by atoms with van der Waals surface area (Å²) in [5, 5.41) is 10.3. The number of nitrogens with one attached hydrogen (secondary N) is 4. The second-order valence-corrected chi connectivity index (χ2v) is 13.5. The number of amides is 4. The summed E-state index contributed by atoms with van der Waals surface area (Å²) in [6.45, 7) is 8.05. The first-order valence-corrected chi connectivity index (χ1v) is 18.9. The first-order chi connectivity index (χ1) is 28.2. The average Bonchev–Trinajstić information content (AvgIpc) is 3.11. The Balaban J connectivity index is 1.98. The molecule has 24 heteroatoms. The lowest BCUT2D eigenvalue weighted by atomic mass is 9.96. The van der Waals surface area contributed by atoms with Crippen molar-refractivity contribution in [1.29, 1.82) is 0 Å². The molecule has 0 spiro atoms. The third-order valence-electron chi connectivity index (χ3n) is 8.24. The van der Waals surface area contributed by atoms with Crippen LogP contribution in [-0.2, 0) is 85.7 Å². The fraction of sp³-hybridized carbons (Fsp3) is 0.722. The van der Waals surface area contributed by atoms with Gasteiger partial charge in [-0.25, -0.2) is 9.59 Å². The van der Waals surface area contributed by atoms with Crippen LogP contribution in [0.2, 0.25) is 0 Å². The van der Waals surface area contributed by atoms with E-state index in [0.717, 1.165) is 55.4 Å². The number of rotatable bonds is 19. The molecule has 60 heavy (non-hydrogen) atoms. The quantitative estimate of drug-likeness (QED) is 0.0710. The highest BCUT2D eigenvalue weighted by Crippen LogP contribution is 2.29. The van der Waals surface area contributed by atoms with Gasteiger partial charge in [-0.1, -0.05) is 12.8 Å². The fourth-order valence-corrected chi connectivity index (χ4v) is 6.05. The van der Waals surface area contributed by atoms with Crippen LogP contribution in [0, 0.1) is 0 Å². The van der Waals surface area contributed by atoms with Crippen molar-refractivity contribution in [2.45, 2.75) is 142 Å². The van der Waals surface area contributed by atoms with Gasteiger partial charge in [0.05, 0.1) is 0 Å². The highest BCUT2D eigenvalue weighted by atomic mass is 16.7. The van der Waals surface area contributed by atoms with Crippen LogP contribution in [0.25, 0.3) is 0 Å². The summed E-state index contributed by atoms with van der Waals surface area (Å²) in [5.41, 5.74) is 0. The first kappa shape index (κ1) is 50.4. The predicted octanol–water partition coefficient (Wildman–Crippen LogP) is -0.689. The zero-order valence-electron chi connectivity index (χ0n) is 34.6. The smallest absolute Gasteiger partial charge is 0.315 e. The van der Waals surface area contributed by atoms with Crippen molar-refractivity contribution in [2.75, 3.05) is 26.3 Å². The van der Waals surface area contributed by atoms with Gasteiger partial charge >= 0.3 is 59.8 Å². The van der Waals surface area contributed by atoms with Gasteiger partial charge < -0.3 is 68.6 Å². The van der Waals surface area contributed by atoms with Crippen molar-refractivity contribution >= 4 is 59.8 Å². The second-order valence-electron chi connectivity index (χ2n) is 13.5. The highest BCUT2D eigenvalue weighted by molar-refractivity contribution is 5.76. The maximum atomic E-state index is 13.0. The molecule has 4 amide bonds. The number of ether oxygens (including phenoxy) is 10. The molecule has 0 aliphatic carbocycles. The third kappa shape index (κ3) is 18.0. The Morgan fingerprint density at radius 2 is 0.700 bits per heavy atom. The van der Waals surface area contributed by atoms with Crippen LogP contribution in [0.3, 0.4) is 0 Å². The number of carbonyl (C=O) groups excluding carboxylic acids is 10. The minimum atomic E-state index is -1.56. The lowest BCUT2D eigenvalue weighted by Crippen LogP contribution is -2.67. The Morgan fingerprint density at radius 3 is 0.983 bits per heavy atom. The molecule has 4 N–H and O–H groups in total. The van der Waals surface area contributed by atoms with Crippen molar-refractivity contribution in [3.05, 3.63) is 0 Å². The van der Waals surface area contributed by atoms with Crippen LogP contribution < -0.4 is 21.3 Å². The zero-order chi connectivity index (χ0) is 45.1. The lowest BCUT2D eigenvalue weighted by molar-refractivity contribution is -0.270. The van der Waals surface area contributed by atoms with Gasteiger partial charge in [-0.2, -0.15) is 0 Å². The second kappa shape index (κ2) is 25.0. The highest BCUT2D eigenvalue weighted by Gasteiger charge is 2.54. The number of carbonyl (C=O) groups is 10. The molecule has 2 saturated heterocycles. The Morgan fingerprint density at radius 1 is 0.400 bits per heavy atom. The van der Waals surface area contributed by atoms with E-state index in [1.165, 1.54) is 0 Å². The van der Waals surface area contributed by atoms with E-state index in [1.807, 2.05) is 0 Å². The molecule has 0 bridgehead atoms. The lowest BCUT2D eigenvalue weighted by Gasteiger charge is -2.44. The number of hydrogen-bond donors (Lipinski definition) is 4. The number of urea groups is 2. The van der Waals surface area contributed by atoms with Gasteiger partial charge in [0.2, 0.25) is 12.6 Å². The molecule has 2 rings (SSSR count). The maximum absolute atomic E-state index is 13.0. The summed E-state index contributed by atoms with van der Waals surface area (Å²) in [6, 6.07) is -4.32. The zero-order valence-corrected chi connectivity index (χ0v) is 34.6. The molecule has 24 nitrogen and oxygen atoms in total. The largest absolute Gasteiger partial charge is 0.463 e. The molecule has 10 atom stereocenters. The Kier molecular flexibility index (Phi) is 21.0. The van der Waals surface area contributed by atoms with E-state index >= 15 is 0 Å². The summed E-state index contributed by atoms with van der Waals surface area (Å²) in [7, 11) is 0. The van der Waals surface area contributed by atoms with E-state index in [-0.39, 0.29) is 13.1 Å². The SMILES string of the molecule is CC(=O)OC[C@H]1O[C@@H](OC(C)=O)[C@H](NC(=O)NCCCCCCNC(=O)N[C@H]2[C@H](OC(C)=O)O[C@H](COC(C)=O)[C@@H](OC(C)=O)[C@@H]2OC(C)=O)[C@@H](OC(C)=O)[C@@H]1OC(C)=O. The fourth-order valence-electron chi connectivity index (χ4n) is 6.05. The van der Waals surface area contributed by atoms with E-state index in [0.29, 0.717) is 25.7 Å². The molecule has 2 fully saturated rings. The molecule has 338 valence electrons. The molecule has 0 radical (unpaired) electrons. The van der Waals surface area contributed by atoms with Gasteiger partial charge in [-0.15, -0.1) is 0 Å². The van der Waals surface area contributed by atoms with Crippen LogP contribution in [-0.4, -0.2) is 147 Å². The van der Waals surface area contributed by atoms with Crippen molar-refractivity contribution in [3.8, 4) is 0 Å². The Bertz CT molecular complexity index is 1450. The van der Waals surface area contributed by atoms with Gasteiger partial charge in [0.15, 0.2) is 24.4 Å². The molecule has 0 unspecified atom stereocenters. The van der Waals surface area contributed by atoms with Crippen LogP contribution in [0.5, 0.6) is 0 Å². The van der Waals surface area contributed by atoms with Crippen LogP contribution in [0.1, 0.15) is 81.1 Å². The topological polar surface area (TPSA) is 311 Å². The molecular weight excluding hydrogens is 808 g/mol. The molecule has 0 saturated carbocycles. The molecule has 0 aromatic carbocycles. The summed E-state index contributed by atoms with van der Waals surface area (Å²) in [4.78, 5) is 121. The summed E-state index contributed by atoms with van der Waals surface area (Å²) in [5.74, 6) is -6.31. The average molecular weight is 863 g/mol. The van der Waals surface area contributed by atoms with Gasteiger partial charge in [-0.05, 0) is 12.8 Å². The van der Waals surface area contributed by atoms with E-state index in [4.69, 9.17) is 47.4 Å². The number of esters is 8.